The van der Waals surface area contributed by atoms with Gasteiger partial charge in [0.25, 0.3) is 5.91 Å². The van der Waals surface area contributed by atoms with Gasteiger partial charge in [0.1, 0.15) is 18.4 Å². The maximum absolute atomic E-state index is 14.6. The Bertz CT molecular complexity index is 1200. The highest BCUT2D eigenvalue weighted by atomic mass is 35.5. The molecule has 2 heterocycles. The third kappa shape index (κ3) is 5.91. The molecule has 1 saturated heterocycles. The van der Waals surface area contributed by atoms with Crippen molar-refractivity contribution in [3.05, 3.63) is 56.3 Å². The van der Waals surface area contributed by atoms with Gasteiger partial charge in [-0.3, -0.25) is 14.4 Å². The number of carboxylic acids is 1. The Morgan fingerprint density at radius 3 is 2.69 bits per heavy atom. The first-order valence-corrected chi connectivity index (χ1v) is 11.9. The number of aliphatic carboxylic acids is 1. The van der Waals surface area contributed by atoms with Crippen molar-refractivity contribution in [3.8, 4) is 0 Å². The fraction of sp³-hybridized carbons (Fsp3) is 0.211. The van der Waals surface area contributed by atoms with Crippen LogP contribution >= 0.6 is 22.9 Å². The number of carbonyl (C=O) groups excluding carboxylic acids is 2. The van der Waals surface area contributed by atoms with Crippen molar-refractivity contribution in [1.29, 1.82) is 0 Å². The van der Waals surface area contributed by atoms with Gasteiger partial charge in [-0.1, -0.05) is 11.6 Å². The first kappa shape index (κ1) is 23.9. The molecule has 32 heavy (non-hydrogen) atoms. The number of carboxylic acid groups (broad SMARTS) is 1. The molecule has 0 unspecified atom stereocenters. The van der Waals surface area contributed by atoms with Gasteiger partial charge in [0.05, 0.1) is 10.0 Å². The van der Waals surface area contributed by atoms with Crippen LogP contribution in [-0.4, -0.2) is 50.4 Å². The van der Waals surface area contributed by atoms with Gasteiger partial charge >= 0.3 is 5.97 Å². The van der Waals surface area contributed by atoms with Crippen LogP contribution < -0.4 is 14.9 Å². The standard InChI is InChI=1S/C19H17ClFN3O6S2/c20-16-4-2-12(31-16)6-8-32(29,30)23-14-5-7-24(19(14)28)15-3-1-11(9-13(15)21)18(27)22-10-17(25)26/h1-4,6,8-9,14,23H,5,7,10H2,(H,22,27)(H,25,26)/b8-6+/t14-/m0/s1. The van der Waals surface area contributed by atoms with Crippen molar-refractivity contribution < 1.29 is 32.3 Å². The van der Waals surface area contributed by atoms with Gasteiger partial charge in [-0.25, -0.2) is 12.8 Å². The molecule has 0 bridgehead atoms. The summed E-state index contributed by atoms with van der Waals surface area (Å²) < 4.78 is 41.9. The lowest BCUT2D eigenvalue weighted by Crippen LogP contribution is -2.41. The minimum absolute atomic E-state index is 0.0672. The molecule has 1 aromatic carbocycles. The molecular weight excluding hydrogens is 485 g/mol. The molecule has 0 saturated carbocycles. The number of halogens is 2. The Morgan fingerprint density at radius 1 is 1.31 bits per heavy atom. The zero-order chi connectivity index (χ0) is 23.5. The molecular formula is C19H17ClFN3O6S2. The molecule has 2 aromatic rings. The second kappa shape index (κ2) is 9.77. The summed E-state index contributed by atoms with van der Waals surface area (Å²) in [6.07, 6.45) is 1.47. The van der Waals surface area contributed by atoms with Crippen molar-refractivity contribution in [2.75, 3.05) is 18.0 Å². The average molecular weight is 502 g/mol. The number of hydrogen-bond acceptors (Lipinski definition) is 6. The quantitative estimate of drug-likeness (QED) is 0.507. The zero-order valence-corrected chi connectivity index (χ0v) is 18.6. The molecule has 2 amide bonds. The Hall–Kier alpha value is -2.80. The first-order chi connectivity index (χ1) is 15.1. The van der Waals surface area contributed by atoms with Crippen LogP contribution in [0, 0.1) is 5.82 Å². The first-order valence-electron chi connectivity index (χ1n) is 9.12. The van der Waals surface area contributed by atoms with E-state index < -0.39 is 46.2 Å². The van der Waals surface area contributed by atoms with Crippen LogP contribution in [0.5, 0.6) is 0 Å². The minimum atomic E-state index is -3.94. The number of sulfonamides is 1. The fourth-order valence-electron chi connectivity index (χ4n) is 2.97. The normalized spacial score (nSPS) is 16.6. The van der Waals surface area contributed by atoms with Crippen molar-refractivity contribution in [1.82, 2.24) is 10.0 Å². The van der Waals surface area contributed by atoms with E-state index >= 15 is 0 Å². The summed E-state index contributed by atoms with van der Waals surface area (Å²) in [6, 6.07) is 5.53. The second-order valence-electron chi connectivity index (χ2n) is 6.68. The van der Waals surface area contributed by atoms with E-state index in [2.05, 4.69) is 10.0 Å². The van der Waals surface area contributed by atoms with E-state index in [1.807, 2.05) is 0 Å². The number of hydrogen-bond donors (Lipinski definition) is 3. The van der Waals surface area contributed by atoms with Crippen LogP contribution in [0.1, 0.15) is 21.7 Å². The molecule has 1 aromatic heterocycles. The molecule has 1 atom stereocenters. The van der Waals surface area contributed by atoms with Gasteiger partial charge in [0, 0.05) is 22.4 Å². The Balaban J connectivity index is 1.67. The van der Waals surface area contributed by atoms with Crippen LogP contribution in [0.15, 0.2) is 35.7 Å². The third-order valence-corrected chi connectivity index (χ3v) is 6.72. The molecule has 0 spiro atoms. The number of carbonyl (C=O) groups is 3. The summed E-state index contributed by atoms with van der Waals surface area (Å²) >= 11 is 6.99. The highest BCUT2D eigenvalue weighted by Crippen LogP contribution is 2.26. The molecule has 1 fully saturated rings. The van der Waals surface area contributed by atoms with Gasteiger partial charge in [-0.2, -0.15) is 4.72 Å². The van der Waals surface area contributed by atoms with Crippen LogP contribution in [-0.2, 0) is 19.6 Å². The second-order valence-corrected chi connectivity index (χ2v) is 10.0. The highest BCUT2D eigenvalue weighted by molar-refractivity contribution is 7.92. The van der Waals surface area contributed by atoms with E-state index in [4.69, 9.17) is 16.7 Å². The van der Waals surface area contributed by atoms with E-state index in [1.165, 1.54) is 29.5 Å². The van der Waals surface area contributed by atoms with Gasteiger partial charge in [-0.15, -0.1) is 11.3 Å². The topological polar surface area (TPSA) is 133 Å². The number of nitrogens with one attached hydrogen (secondary N) is 2. The molecule has 9 nitrogen and oxygen atoms in total. The summed E-state index contributed by atoms with van der Waals surface area (Å²) in [7, 11) is -3.94. The third-order valence-electron chi connectivity index (χ3n) is 4.42. The summed E-state index contributed by atoms with van der Waals surface area (Å²) in [5, 5.41) is 11.6. The monoisotopic (exact) mass is 501 g/mol. The van der Waals surface area contributed by atoms with E-state index in [0.29, 0.717) is 9.21 Å². The number of amides is 2. The molecule has 1 aliphatic rings. The summed E-state index contributed by atoms with van der Waals surface area (Å²) in [5.41, 5.74) is -0.231. The Labute approximate surface area is 191 Å². The largest absolute Gasteiger partial charge is 0.480 e. The van der Waals surface area contributed by atoms with Crippen molar-refractivity contribution >= 4 is 62.5 Å². The SMILES string of the molecule is O=C(O)CNC(=O)c1ccc(N2CC[C@H](NS(=O)(=O)/C=C/c3ccc(Cl)s3)C2=O)c(F)c1. The Kier molecular flexibility index (Phi) is 7.29. The summed E-state index contributed by atoms with van der Waals surface area (Å²) in [6.45, 7) is -0.555. The molecule has 0 radical (unpaired) electrons. The maximum atomic E-state index is 14.6. The smallest absolute Gasteiger partial charge is 0.322 e. The average Bonchev–Trinajstić information content (AvgIpc) is 3.30. The fourth-order valence-corrected chi connectivity index (χ4v) is 5.03. The highest BCUT2D eigenvalue weighted by Gasteiger charge is 2.36. The summed E-state index contributed by atoms with van der Waals surface area (Å²) in [5.74, 6) is -3.54. The van der Waals surface area contributed by atoms with Gasteiger partial charge in [0.2, 0.25) is 15.9 Å². The lowest BCUT2D eigenvalue weighted by molar-refractivity contribution is -0.135. The van der Waals surface area contributed by atoms with E-state index in [-0.39, 0.29) is 24.2 Å². The van der Waals surface area contributed by atoms with Crippen LogP contribution in [0.25, 0.3) is 6.08 Å². The van der Waals surface area contributed by atoms with Crippen LogP contribution in [0.3, 0.4) is 0 Å². The van der Waals surface area contributed by atoms with Crippen molar-refractivity contribution in [3.63, 3.8) is 0 Å². The molecule has 1 aliphatic heterocycles. The lowest BCUT2D eigenvalue weighted by atomic mass is 10.1. The molecule has 13 heteroatoms. The predicted molar refractivity (Wildman–Crippen MR) is 118 cm³/mol. The molecule has 3 N–H and O–H groups in total. The van der Waals surface area contributed by atoms with Crippen LogP contribution in [0.2, 0.25) is 4.34 Å². The summed E-state index contributed by atoms with van der Waals surface area (Å²) in [4.78, 5) is 36.7. The molecule has 3 rings (SSSR count). The minimum Gasteiger partial charge on any atom is -0.480 e. The van der Waals surface area contributed by atoms with E-state index in [1.54, 1.807) is 12.1 Å². The maximum Gasteiger partial charge on any atom is 0.322 e. The van der Waals surface area contributed by atoms with Crippen molar-refractivity contribution in [2.24, 2.45) is 0 Å². The lowest BCUT2D eigenvalue weighted by Gasteiger charge is -2.18. The van der Waals surface area contributed by atoms with E-state index in [0.717, 1.165) is 16.4 Å². The number of nitrogens with zero attached hydrogens (tertiary/aromatic N) is 1. The number of benzene rings is 1. The number of thiophene rings is 1. The van der Waals surface area contributed by atoms with Crippen molar-refractivity contribution in [2.45, 2.75) is 12.5 Å². The van der Waals surface area contributed by atoms with E-state index in [9.17, 15) is 27.2 Å². The Morgan fingerprint density at radius 2 is 2.06 bits per heavy atom. The molecule has 0 aliphatic carbocycles. The van der Waals surface area contributed by atoms with Crippen LogP contribution in [0.4, 0.5) is 10.1 Å². The predicted octanol–water partition coefficient (Wildman–Crippen LogP) is 2.05. The number of rotatable bonds is 8. The number of anilines is 1. The molecule has 170 valence electrons. The van der Waals surface area contributed by atoms with Gasteiger partial charge < -0.3 is 15.3 Å². The van der Waals surface area contributed by atoms with Gasteiger partial charge in [-0.05, 0) is 42.8 Å². The zero-order valence-electron chi connectivity index (χ0n) is 16.2. The van der Waals surface area contributed by atoms with Gasteiger partial charge in [0.15, 0.2) is 0 Å².